The lowest BCUT2D eigenvalue weighted by Crippen LogP contribution is -2.49. The molecule has 0 amide bonds. The molecule has 0 aliphatic carbocycles. The molecule has 0 aromatic carbocycles. The van der Waals surface area contributed by atoms with Gasteiger partial charge in [0.05, 0.1) is 21.1 Å². The SMILES string of the molecule is CCCCCCCC/C=C\CCCCCCCCCCCCC(C(=O)O)[N+](C)(C)C. The Morgan fingerprint density at radius 3 is 1.40 bits per heavy atom. The molecule has 178 valence electrons. The number of carboxylic acids is 1. The lowest BCUT2D eigenvalue weighted by atomic mass is 10.0. The van der Waals surface area contributed by atoms with Crippen LogP contribution < -0.4 is 0 Å². The summed E-state index contributed by atoms with van der Waals surface area (Å²) in [7, 11) is 5.93. The van der Waals surface area contributed by atoms with Gasteiger partial charge in [0.15, 0.2) is 6.04 Å². The predicted molar refractivity (Wildman–Crippen MR) is 132 cm³/mol. The van der Waals surface area contributed by atoms with Crippen molar-refractivity contribution in [2.45, 2.75) is 135 Å². The molecule has 3 heteroatoms. The Bertz CT molecular complexity index is 412. The Balaban J connectivity index is 3.31. The fourth-order valence-corrected chi connectivity index (χ4v) is 4.13. The van der Waals surface area contributed by atoms with Gasteiger partial charge in [0.1, 0.15) is 0 Å². The van der Waals surface area contributed by atoms with Crippen molar-refractivity contribution in [3.63, 3.8) is 0 Å². The van der Waals surface area contributed by atoms with E-state index in [1.807, 2.05) is 21.1 Å². The van der Waals surface area contributed by atoms with Crippen molar-refractivity contribution >= 4 is 5.97 Å². The Labute approximate surface area is 188 Å². The second-order valence-electron chi connectivity index (χ2n) is 10.1. The molecule has 0 fully saturated rings. The molecule has 0 aromatic heterocycles. The molecule has 0 rings (SSSR count). The van der Waals surface area contributed by atoms with Gasteiger partial charge in [-0.3, -0.25) is 0 Å². The van der Waals surface area contributed by atoms with E-state index >= 15 is 0 Å². The number of carbonyl (C=O) groups is 1. The van der Waals surface area contributed by atoms with Crippen molar-refractivity contribution < 1.29 is 14.4 Å². The van der Waals surface area contributed by atoms with Crippen molar-refractivity contribution in [3.8, 4) is 0 Å². The number of allylic oxidation sites excluding steroid dienone is 2. The maximum Gasteiger partial charge on any atom is 0.362 e. The molecule has 0 spiro atoms. The number of hydrogen-bond acceptors (Lipinski definition) is 1. The summed E-state index contributed by atoms with van der Waals surface area (Å²) in [4.78, 5) is 11.4. The van der Waals surface area contributed by atoms with E-state index in [1.54, 1.807) is 0 Å². The summed E-state index contributed by atoms with van der Waals surface area (Å²) < 4.78 is 0.518. The van der Waals surface area contributed by atoms with Crippen molar-refractivity contribution in [1.82, 2.24) is 0 Å². The fourth-order valence-electron chi connectivity index (χ4n) is 4.13. The number of unbranched alkanes of at least 4 members (excludes halogenated alkanes) is 16. The van der Waals surface area contributed by atoms with Crippen LogP contribution in [0.2, 0.25) is 0 Å². The van der Waals surface area contributed by atoms with Gasteiger partial charge in [-0.1, -0.05) is 103 Å². The number of likely N-dealkylation sites (N-methyl/N-ethyl adjacent to an activating group) is 1. The van der Waals surface area contributed by atoms with Gasteiger partial charge >= 0.3 is 5.97 Å². The summed E-state index contributed by atoms with van der Waals surface area (Å²) >= 11 is 0. The van der Waals surface area contributed by atoms with Gasteiger partial charge in [-0.2, -0.15) is 0 Å². The van der Waals surface area contributed by atoms with E-state index in [2.05, 4.69) is 19.1 Å². The minimum absolute atomic E-state index is 0.268. The van der Waals surface area contributed by atoms with E-state index in [1.165, 1.54) is 109 Å². The van der Waals surface area contributed by atoms with Crippen LogP contribution in [0.4, 0.5) is 0 Å². The number of aliphatic carboxylic acids is 1. The smallest absolute Gasteiger partial charge is 0.362 e. The van der Waals surface area contributed by atoms with Gasteiger partial charge in [0.25, 0.3) is 0 Å². The second-order valence-corrected chi connectivity index (χ2v) is 10.1. The topological polar surface area (TPSA) is 37.3 Å². The summed E-state index contributed by atoms with van der Waals surface area (Å²) in [5.74, 6) is -0.657. The van der Waals surface area contributed by atoms with E-state index < -0.39 is 5.97 Å². The molecule has 0 radical (unpaired) electrons. The molecule has 0 saturated heterocycles. The molecule has 30 heavy (non-hydrogen) atoms. The molecule has 1 unspecified atom stereocenters. The third-order valence-electron chi connectivity index (χ3n) is 6.21. The molecule has 0 saturated carbocycles. The van der Waals surface area contributed by atoms with Crippen molar-refractivity contribution in [1.29, 1.82) is 0 Å². The number of carboxylic acid groups (broad SMARTS) is 1. The van der Waals surface area contributed by atoms with E-state index in [-0.39, 0.29) is 6.04 Å². The summed E-state index contributed by atoms with van der Waals surface area (Å²) in [6, 6.07) is -0.268. The molecular weight excluding hydrogens is 370 g/mol. The Morgan fingerprint density at radius 1 is 0.667 bits per heavy atom. The van der Waals surface area contributed by atoms with Crippen LogP contribution in [0.1, 0.15) is 129 Å². The molecular formula is C27H54NO2+. The quantitative estimate of drug-likeness (QED) is 0.108. The minimum atomic E-state index is -0.657. The molecule has 1 N–H and O–H groups in total. The highest BCUT2D eigenvalue weighted by Gasteiger charge is 2.30. The van der Waals surface area contributed by atoms with E-state index in [0.717, 1.165) is 12.8 Å². The summed E-state index contributed by atoms with van der Waals surface area (Å²) in [5.41, 5.74) is 0. The largest absolute Gasteiger partial charge is 0.477 e. The lowest BCUT2D eigenvalue weighted by molar-refractivity contribution is -0.887. The zero-order valence-corrected chi connectivity index (χ0v) is 21.0. The van der Waals surface area contributed by atoms with Crippen molar-refractivity contribution in [3.05, 3.63) is 12.2 Å². The van der Waals surface area contributed by atoms with Crippen molar-refractivity contribution in [2.24, 2.45) is 0 Å². The standard InChI is InChI=1S/C27H53NO2/c1-5-6-7-8-9-10-11-12-13-14-15-16-17-18-19-20-21-22-23-24-25-26(27(29)30)28(2,3)4/h12-13,26H,5-11,14-25H2,1-4H3/p+1/b13-12-. The average Bonchev–Trinajstić information content (AvgIpc) is 2.68. The van der Waals surface area contributed by atoms with Crippen LogP contribution in [-0.2, 0) is 4.79 Å². The summed E-state index contributed by atoms with van der Waals surface area (Å²) in [6.45, 7) is 2.28. The third-order valence-corrected chi connectivity index (χ3v) is 6.21. The summed E-state index contributed by atoms with van der Waals surface area (Å²) in [5, 5.41) is 9.35. The van der Waals surface area contributed by atoms with Gasteiger partial charge in [-0.15, -0.1) is 0 Å². The first-order valence-electron chi connectivity index (χ1n) is 13.1. The van der Waals surface area contributed by atoms with E-state index in [9.17, 15) is 9.90 Å². The monoisotopic (exact) mass is 424 g/mol. The second kappa shape index (κ2) is 20.1. The van der Waals surface area contributed by atoms with Gasteiger partial charge in [0.2, 0.25) is 0 Å². The van der Waals surface area contributed by atoms with E-state index in [0.29, 0.717) is 4.48 Å². The number of nitrogens with zero attached hydrogens (tertiary/aromatic N) is 1. The maximum atomic E-state index is 11.4. The molecule has 3 nitrogen and oxygen atoms in total. The van der Waals surface area contributed by atoms with Crippen LogP contribution in [0, 0.1) is 0 Å². The van der Waals surface area contributed by atoms with E-state index in [4.69, 9.17) is 0 Å². The van der Waals surface area contributed by atoms with Crippen LogP contribution in [0.5, 0.6) is 0 Å². The lowest BCUT2D eigenvalue weighted by Gasteiger charge is -2.31. The van der Waals surface area contributed by atoms with Crippen LogP contribution >= 0.6 is 0 Å². The average molecular weight is 425 g/mol. The molecule has 0 aromatic rings. The van der Waals surface area contributed by atoms with Gasteiger partial charge in [-0.25, -0.2) is 4.79 Å². The first-order valence-corrected chi connectivity index (χ1v) is 13.1. The Morgan fingerprint density at radius 2 is 1.03 bits per heavy atom. The predicted octanol–water partition coefficient (Wildman–Crippen LogP) is 8.13. The molecule has 1 atom stereocenters. The Hall–Kier alpha value is -0.830. The molecule has 0 bridgehead atoms. The fraction of sp³-hybridized carbons (Fsp3) is 0.889. The minimum Gasteiger partial charge on any atom is -0.477 e. The van der Waals surface area contributed by atoms with Gasteiger partial charge < -0.3 is 9.59 Å². The zero-order valence-electron chi connectivity index (χ0n) is 21.0. The maximum absolute atomic E-state index is 11.4. The number of quaternary nitrogens is 1. The highest BCUT2D eigenvalue weighted by Crippen LogP contribution is 2.16. The first kappa shape index (κ1) is 29.2. The molecule has 0 aliphatic rings. The molecule has 0 heterocycles. The zero-order chi connectivity index (χ0) is 22.5. The Kier molecular flexibility index (Phi) is 19.5. The van der Waals surface area contributed by atoms with Crippen molar-refractivity contribution in [2.75, 3.05) is 21.1 Å². The van der Waals surface area contributed by atoms with Gasteiger partial charge in [-0.05, 0) is 32.1 Å². The normalized spacial score (nSPS) is 13.2. The van der Waals surface area contributed by atoms with Crippen LogP contribution in [0.15, 0.2) is 12.2 Å². The molecule has 0 aliphatic heterocycles. The van der Waals surface area contributed by atoms with Gasteiger partial charge in [0, 0.05) is 6.42 Å². The number of hydrogen-bond donors (Lipinski definition) is 1. The summed E-state index contributed by atoms with van der Waals surface area (Å²) in [6.07, 6.45) is 29.5. The number of rotatable bonds is 22. The van der Waals surface area contributed by atoms with Crippen LogP contribution in [0.3, 0.4) is 0 Å². The highest BCUT2D eigenvalue weighted by molar-refractivity contribution is 5.72. The van der Waals surface area contributed by atoms with Crippen LogP contribution in [-0.4, -0.2) is 42.7 Å². The highest BCUT2D eigenvalue weighted by atomic mass is 16.4. The third kappa shape index (κ3) is 19.2. The first-order chi connectivity index (χ1) is 14.4. The van der Waals surface area contributed by atoms with Crippen LogP contribution in [0.25, 0.3) is 0 Å².